The third kappa shape index (κ3) is 5.09. The summed E-state index contributed by atoms with van der Waals surface area (Å²) in [7, 11) is 0. The summed E-state index contributed by atoms with van der Waals surface area (Å²) in [6.45, 7) is 21.9. The monoisotopic (exact) mass is 534 g/mol. The van der Waals surface area contributed by atoms with E-state index in [-0.39, 0.29) is 23.3 Å². The number of hydrogen-bond acceptors (Lipinski definition) is 4. The maximum absolute atomic E-state index is 15.2. The summed E-state index contributed by atoms with van der Waals surface area (Å²) >= 11 is 0. The molecule has 0 aromatic carbocycles. The first-order chi connectivity index (χ1) is 18.0. The number of ether oxygens (including phenoxy) is 1. The predicted octanol–water partition coefficient (Wildman–Crippen LogP) is 8.44. The van der Waals surface area contributed by atoms with Gasteiger partial charge in [0.15, 0.2) is 22.8 Å². The Labute approximate surface area is 236 Å². The fourth-order valence-electron chi connectivity index (χ4n) is 7.03. The van der Waals surface area contributed by atoms with Gasteiger partial charge in [0, 0.05) is 5.92 Å². The summed E-state index contributed by atoms with van der Waals surface area (Å²) < 4.78 is 6.57. The minimum atomic E-state index is -1.75. The van der Waals surface area contributed by atoms with Crippen LogP contribution in [0.15, 0.2) is 58.4 Å². The van der Waals surface area contributed by atoms with E-state index in [0.29, 0.717) is 43.4 Å². The van der Waals surface area contributed by atoms with Gasteiger partial charge in [-0.1, -0.05) is 55.7 Å². The van der Waals surface area contributed by atoms with E-state index in [1.165, 1.54) is 11.1 Å². The molecule has 4 atom stereocenters. The zero-order valence-electron chi connectivity index (χ0n) is 26.2. The first kappa shape index (κ1) is 31.0. The Bertz CT molecular complexity index is 1190. The van der Waals surface area contributed by atoms with Crippen LogP contribution in [0.1, 0.15) is 108 Å². The predicted molar refractivity (Wildman–Crippen MR) is 159 cm³/mol. The standard InChI is InChI=1S/C35H50O4/c1-22(2)13-12-18-33(11)26(15-14-23(3)4)21-34(20-16-24(5)6)30-27(17-19-32(9,10)39-30)29(37)35(33,31(34)38)28(36)25(7)8/h13-14,16-17,19,25-26H,12,15,18,20-21H2,1-11H3. The molecule has 3 rings (SSSR count). The van der Waals surface area contributed by atoms with E-state index in [1.807, 2.05) is 53.7 Å². The topological polar surface area (TPSA) is 60.4 Å². The van der Waals surface area contributed by atoms with Crippen LogP contribution in [-0.4, -0.2) is 23.0 Å². The van der Waals surface area contributed by atoms with Gasteiger partial charge < -0.3 is 4.74 Å². The molecule has 4 heteroatoms. The first-order valence-corrected chi connectivity index (χ1v) is 14.6. The molecule has 0 amide bonds. The Morgan fingerprint density at radius 2 is 1.56 bits per heavy atom. The second-order valence-corrected chi connectivity index (χ2v) is 13.9. The van der Waals surface area contributed by atoms with Crippen LogP contribution in [0.5, 0.6) is 0 Å². The zero-order chi connectivity index (χ0) is 29.6. The average molecular weight is 535 g/mol. The van der Waals surface area contributed by atoms with E-state index in [2.05, 4.69) is 52.8 Å². The molecule has 0 spiro atoms. The van der Waals surface area contributed by atoms with Crippen molar-refractivity contribution in [1.82, 2.24) is 0 Å². The van der Waals surface area contributed by atoms with Crippen molar-refractivity contribution in [3.05, 3.63) is 58.4 Å². The van der Waals surface area contributed by atoms with Crippen molar-refractivity contribution in [1.29, 1.82) is 0 Å². The lowest BCUT2D eigenvalue weighted by atomic mass is 9.38. The molecule has 0 saturated heterocycles. The third-order valence-electron chi connectivity index (χ3n) is 9.19. The Morgan fingerprint density at radius 1 is 0.974 bits per heavy atom. The Morgan fingerprint density at radius 3 is 2.10 bits per heavy atom. The van der Waals surface area contributed by atoms with E-state index in [1.54, 1.807) is 0 Å². The number of Topliss-reactive ketones (excluding diaryl/α,β-unsaturated/α-hetero) is 3. The number of hydrogen-bond donors (Lipinski definition) is 0. The van der Waals surface area contributed by atoms with Gasteiger partial charge in [-0.3, -0.25) is 14.4 Å². The highest BCUT2D eigenvalue weighted by Crippen LogP contribution is 2.68. The highest BCUT2D eigenvalue weighted by molar-refractivity contribution is 6.34. The molecule has 1 fully saturated rings. The van der Waals surface area contributed by atoms with Crippen LogP contribution in [-0.2, 0) is 19.1 Å². The van der Waals surface area contributed by atoms with Crippen molar-refractivity contribution in [3.8, 4) is 0 Å². The van der Waals surface area contributed by atoms with E-state index in [4.69, 9.17) is 4.74 Å². The largest absolute Gasteiger partial charge is 0.486 e. The van der Waals surface area contributed by atoms with Gasteiger partial charge in [0.25, 0.3) is 0 Å². The van der Waals surface area contributed by atoms with Crippen molar-refractivity contribution < 1.29 is 19.1 Å². The number of carbonyl (C=O) groups is 3. The first-order valence-electron chi connectivity index (χ1n) is 14.6. The van der Waals surface area contributed by atoms with Crippen molar-refractivity contribution >= 4 is 17.3 Å². The number of allylic oxidation sites excluding steroid dienone is 9. The second-order valence-electron chi connectivity index (χ2n) is 13.9. The van der Waals surface area contributed by atoms with Crippen LogP contribution >= 0.6 is 0 Å². The summed E-state index contributed by atoms with van der Waals surface area (Å²) in [5, 5.41) is 0. The van der Waals surface area contributed by atoms with Gasteiger partial charge in [0.1, 0.15) is 11.4 Å². The van der Waals surface area contributed by atoms with Crippen molar-refractivity contribution in [3.63, 3.8) is 0 Å². The molecule has 1 saturated carbocycles. The summed E-state index contributed by atoms with van der Waals surface area (Å²) in [5.41, 5.74) is -0.417. The molecule has 2 bridgehead atoms. The average Bonchev–Trinajstić information content (AvgIpc) is 2.81. The minimum Gasteiger partial charge on any atom is -0.486 e. The van der Waals surface area contributed by atoms with E-state index < -0.39 is 27.8 Å². The summed E-state index contributed by atoms with van der Waals surface area (Å²) in [6.07, 6.45) is 13.2. The van der Waals surface area contributed by atoms with Crippen LogP contribution in [0.25, 0.3) is 0 Å². The van der Waals surface area contributed by atoms with Crippen molar-refractivity contribution in [2.45, 2.75) is 114 Å². The molecule has 0 N–H and O–H groups in total. The smallest absolute Gasteiger partial charge is 0.187 e. The van der Waals surface area contributed by atoms with Gasteiger partial charge >= 0.3 is 0 Å². The Kier molecular flexibility index (Phi) is 8.61. The van der Waals surface area contributed by atoms with Gasteiger partial charge in [-0.25, -0.2) is 0 Å². The second kappa shape index (κ2) is 10.8. The molecule has 0 aromatic heterocycles. The summed E-state index contributed by atoms with van der Waals surface area (Å²) in [6, 6.07) is 0. The van der Waals surface area contributed by atoms with Gasteiger partial charge in [0.2, 0.25) is 0 Å². The Hall–Kier alpha value is -2.49. The molecule has 0 radical (unpaired) electrons. The maximum atomic E-state index is 15.2. The molecule has 39 heavy (non-hydrogen) atoms. The molecule has 3 aliphatic rings. The maximum Gasteiger partial charge on any atom is 0.187 e. The van der Waals surface area contributed by atoms with Crippen LogP contribution in [0.2, 0.25) is 0 Å². The molecule has 1 heterocycles. The molecule has 4 nitrogen and oxygen atoms in total. The lowest BCUT2D eigenvalue weighted by Gasteiger charge is -2.62. The number of fused-ring (bicyclic) bond motifs is 3. The fraction of sp³-hybridized carbons (Fsp3) is 0.629. The van der Waals surface area contributed by atoms with E-state index in [0.717, 1.165) is 5.57 Å². The van der Waals surface area contributed by atoms with Gasteiger partial charge in [-0.15, -0.1) is 0 Å². The summed E-state index contributed by atoms with van der Waals surface area (Å²) in [5.74, 6) is -0.888. The fourth-order valence-corrected chi connectivity index (χ4v) is 7.03. The van der Waals surface area contributed by atoms with Crippen LogP contribution < -0.4 is 0 Å². The molecule has 214 valence electrons. The van der Waals surface area contributed by atoms with Crippen molar-refractivity contribution in [2.24, 2.45) is 28.1 Å². The highest BCUT2D eigenvalue weighted by atomic mass is 16.5. The minimum absolute atomic E-state index is 0.0560. The number of ketones is 3. The molecule has 0 aromatic rings. The van der Waals surface area contributed by atoms with E-state index >= 15 is 4.79 Å². The van der Waals surface area contributed by atoms with Crippen LogP contribution in [0, 0.1) is 28.1 Å². The number of rotatable bonds is 9. The molecular formula is C35H50O4. The normalized spacial score (nSPS) is 30.9. The SMILES string of the molecule is CC(C)=CCCC1(C)C(CC=C(C)C)CC2(CC=C(C)C)C(=O)C1(C(=O)C(C)C)C(=O)C1=C2OC(C)(C)C=C1. The zero-order valence-corrected chi connectivity index (χ0v) is 26.2. The van der Waals surface area contributed by atoms with Crippen molar-refractivity contribution in [2.75, 3.05) is 0 Å². The molecule has 1 aliphatic heterocycles. The molecule has 2 aliphatic carbocycles. The van der Waals surface area contributed by atoms with Gasteiger partial charge in [-0.2, -0.15) is 0 Å². The van der Waals surface area contributed by atoms with Crippen LogP contribution in [0.4, 0.5) is 0 Å². The highest BCUT2D eigenvalue weighted by Gasteiger charge is 2.76. The van der Waals surface area contributed by atoms with Gasteiger partial charge in [-0.05, 0) is 111 Å². The third-order valence-corrected chi connectivity index (χ3v) is 9.19. The lowest BCUT2D eigenvalue weighted by molar-refractivity contribution is -0.182. The number of carbonyl (C=O) groups excluding carboxylic acids is 3. The van der Waals surface area contributed by atoms with Gasteiger partial charge in [0.05, 0.1) is 11.0 Å². The van der Waals surface area contributed by atoms with E-state index in [9.17, 15) is 9.59 Å². The molecule has 4 unspecified atom stereocenters. The summed E-state index contributed by atoms with van der Waals surface area (Å²) in [4.78, 5) is 44.7. The lowest BCUT2D eigenvalue weighted by Crippen LogP contribution is -2.71. The molecular weight excluding hydrogens is 484 g/mol. The van der Waals surface area contributed by atoms with Crippen LogP contribution in [0.3, 0.4) is 0 Å². The quantitative estimate of drug-likeness (QED) is 0.220. The Balaban J connectivity index is 2.47.